The largest absolute Gasteiger partial charge is 0.372 e. The number of hydrogen-bond donors (Lipinski definition) is 3. The lowest BCUT2D eigenvalue weighted by atomic mass is 9.99. The van der Waals surface area contributed by atoms with Crippen molar-refractivity contribution in [3.05, 3.63) is 83.2 Å². The first-order valence-electron chi connectivity index (χ1n) is 9.93. The van der Waals surface area contributed by atoms with E-state index in [4.69, 9.17) is 17.3 Å². The maximum Gasteiger partial charge on any atom is 0.210 e. The topological polar surface area (TPSA) is 65.7 Å². The number of hydrogen-bond acceptors (Lipinski definition) is 5. The van der Waals surface area contributed by atoms with Crippen LogP contribution < -0.4 is 16.4 Å². The lowest BCUT2D eigenvalue weighted by Crippen LogP contribution is -2.52. The lowest BCUT2D eigenvalue weighted by molar-refractivity contribution is 0.340. The predicted molar refractivity (Wildman–Crippen MR) is 121 cm³/mol. The van der Waals surface area contributed by atoms with Gasteiger partial charge in [0.15, 0.2) is 0 Å². The summed E-state index contributed by atoms with van der Waals surface area (Å²) in [6.45, 7) is 4.07. The van der Waals surface area contributed by atoms with E-state index in [1.54, 1.807) is 6.21 Å². The summed E-state index contributed by atoms with van der Waals surface area (Å²) in [5, 5.41) is 7.49. The van der Waals surface area contributed by atoms with E-state index in [0.29, 0.717) is 5.02 Å². The van der Waals surface area contributed by atoms with Gasteiger partial charge in [-0.15, -0.1) is 0 Å². The summed E-state index contributed by atoms with van der Waals surface area (Å²) >= 11 is 6.15. The third kappa shape index (κ3) is 4.88. The van der Waals surface area contributed by atoms with E-state index in [2.05, 4.69) is 38.7 Å². The summed E-state index contributed by atoms with van der Waals surface area (Å²) < 4.78 is 0. The number of nitrogens with zero attached hydrogens (tertiary/aromatic N) is 2. The maximum atomic E-state index is 6.62. The summed E-state index contributed by atoms with van der Waals surface area (Å²) in [5.41, 5.74) is 9.61. The molecule has 2 aliphatic rings. The zero-order chi connectivity index (χ0) is 20.1. The highest BCUT2D eigenvalue weighted by Crippen LogP contribution is 2.27. The molecule has 0 spiro atoms. The molecule has 5 nitrogen and oxygen atoms in total. The van der Waals surface area contributed by atoms with Gasteiger partial charge in [0.25, 0.3) is 0 Å². The molecule has 0 fully saturated rings. The van der Waals surface area contributed by atoms with E-state index < -0.39 is 5.79 Å². The van der Waals surface area contributed by atoms with Gasteiger partial charge in [-0.25, -0.2) is 4.99 Å². The fraction of sp³-hybridized carbons (Fsp3) is 0.261. The Kier molecular flexibility index (Phi) is 6.00. The van der Waals surface area contributed by atoms with Gasteiger partial charge in [-0.2, -0.15) is 0 Å². The second kappa shape index (κ2) is 8.82. The van der Waals surface area contributed by atoms with Crippen LogP contribution in [-0.2, 0) is 5.79 Å². The first-order valence-corrected chi connectivity index (χ1v) is 10.3. The second-order valence-corrected chi connectivity index (χ2v) is 7.79. The van der Waals surface area contributed by atoms with Crippen LogP contribution in [0, 0.1) is 0 Å². The van der Waals surface area contributed by atoms with Gasteiger partial charge in [0, 0.05) is 43.0 Å². The Balaban J connectivity index is 1.40. The molecule has 1 atom stereocenters. The number of nitrogens with two attached hydrogens (primary N) is 1. The molecule has 2 heterocycles. The quantitative estimate of drug-likeness (QED) is 0.486. The predicted octanol–water partition coefficient (Wildman–Crippen LogP) is 3.44. The number of aliphatic imine (C=N–C) groups is 1. The zero-order valence-corrected chi connectivity index (χ0v) is 17.1. The fourth-order valence-corrected chi connectivity index (χ4v) is 3.78. The van der Waals surface area contributed by atoms with Gasteiger partial charge in [-0.1, -0.05) is 54.1 Å². The SMILES string of the molecule is NC1(c2cccc(-c3cccc(Cl)c3)c2)N=CC=C(NCCCN2CC=CC2)N1. The van der Waals surface area contributed by atoms with Gasteiger partial charge >= 0.3 is 0 Å². The van der Waals surface area contributed by atoms with E-state index in [1.807, 2.05) is 48.5 Å². The molecule has 1 unspecified atom stereocenters. The van der Waals surface area contributed by atoms with Crippen molar-refractivity contribution in [3.63, 3.8) is 0 Å². The van der Waals surface area contributed by atoms with Crippen molar-refractivity contribution in [3.8, 4) is 11.1 Å². The molecule has 2 aliphatic heterocycles. The van der Waals surface area contributed by atoms with Gasteiger partial charge in [-0.05, 0) is 41.8 Å². The second-order valence-electron chi connectivity index (χ2n) is 7.35. The van der Waals surface area contributed by atoms with E-state index in [9.17, 15) is 0 Å². The molecule has 150 valence electrons. The van der Waals surface area contributed by atoms with Crippen LogP contribution in [0.1, 0.15) is 12.0 Å². The summed E-state index contributed by atoms with van der Waals surface area (Å²) in [6.07, 6.45) is 9.18. The molecule has 0 saturated carbocycles. The summed E-state index contributed by atoms with van der Waals surface area (Å²) in [7, 11) is 0. The molecule has 6 heteroatoms. The van der Waals surface area contributed by atoms with Crippen molar-refractivity contribution in [2.24, 2.45) is 10.7 Å². The number of rotatable bonds is 7. The Morgan fingerprint density at radius 2 is 1.86 bits per heavy atom. The van der Waals surface area contributed by atoms with Crippen molar-refractivity contribution < 1.29 is 0 Å². The average molecular weight is 408 g/mol. The van der Waals surface area contributed by atoms with Crippen molar-refractivity contribution in [1.82, 2.24) is 15.5 Å². The fourth-order valence-electron chi connectivity index (χ4n) is 3.59. The summed E-state index contributed by atoms with van der Waals surface area (Å²) in [5.74, 6) is -0.125. The van der Waals surface area contributed by atoms with Gasteiger partial charge < -0.3 is 10.6 Å². The van der Waals surface area contributed by atoms with E-state index >= 15 is 0 Å². The molecule has 29 heavy (non-hydrogen) atoms. The molecular weight excluding hydrogens is 382 g/mol. The molecule has 0 radical (unpaired) electrons. The van der Waals surface area contributed by atoms with Crippen LogP contribution in [0.3, 0.4) is 0 Å². The molecule has 0 aliphatic carbocycles. The van der Waals surface area contributed by atoms with Crippen LogP contribution in [-0.4, -0.2) is 37.3 Å². The monoisotopic (exact) mass is 407 g/mol. The average Bonchev–Trinajstić information content (AvgIpc) is 3.25. The number of nitrogens with one attached hydrogen (secondary N) is 2. The first kappa shape index (κ1) is 19.7. The van der Waals surface area contributed by atoms with Crippen LogP contribution in [0.2, 0.25) is 5.02 Å². The standard InChI is InChI=1S/C23H26ClN5/c24-21-9-4-7-19(17-21)18-6-3-8-20(16-18)23(25)27-12-10-22(28-23)26-11-5-15-29-13-1-2-14-29/h1-4,6-10,12,16-17,26,28H,5,11,13-15,25H2. The van der Waals surface area contributed by atoms with Gasteiger partial charge in [0.1, 0.15) is 5.82 Å². The first-order chi connectivity index (χ1) is 14.1. The third-order valence-corrected chi connectivity index (χ3v) is 5.40. The molecular formula is C23H26ClN5. The number of allylic oxidation sites excluding steroid dienone is 1. The van der Waals surface area contributed by atoms with E-state index in [0.717, 1.165) is 55.1 Å². The van der Waals surface area contributed by atoms with Crippen molar-refractivity contribution in [2.75, 3.05) is 26.2 Å². The van der Waals surface area contributed by atoms with E-state index in [-0.39, 0.29) is 0 Å². The number of benzene rings is 2. The molecule has 0 bridgehead atoms. The Morgan fingerprint density at radius 1 is 1.10 bits per heavy atom. The summed E-state index contributed by atoms with van der Waals surface area (Å²) in [6, 6.07) is 15.9. The van der Waals surface area contributed by atoms with Gasteiger partial charge in [0.05, 0.1) is 0 Å². The Labute approximate surface area is 177 Å². The Bertz CT molecular complexity index is 944. The highest BCUT2D eigenvalue weighted by molar-refractivity contribution is 6.30. The molecule has 4 N–H and O–H groups in total. The highest BCUT2D eigenvalue weighted by Gasteiger charge is 2.28. The van der Waals surface area contributed by atoms with Gasteiger partial charge in [0.2, 0.25) is 5.79 Å². The van der Waals surface area contributed by atoms with Crippen molar-refractivity contribution >= 4 is 17.8 Å². The van der Waals surface area contributed by atoms with Crippen LogP contribution in [0.25, 0.3) is 11.1 Å². The Morgan fingerprint density at radius 3 is 2.66 bits per heavy atom. The minimum absolute atomic E-state index is 0.711. The number of halogens is 1. The maximum absolute atomic E-state index is 6.62. The zero-order valence-electron chi connectivity index (χ0n) is 16.3. The minimum Gasteiger partial charge on any atom is -0.372 e. The van der Waals surface area contributed by atoms with Crippen LogP contribution in [0.15, 0.2) is 77.6 Å². The normalized spacial score (nSPS) is 21.1. The van der Waals surface area contributed by atoms with Crippen LogP contribution >= 0.6 is 11.6 Å². The molecule has 4 rings (SSSR count). The van der Waals surface area contributed by atoms with E-state index in [1.165, 1.54) is 0 Å². The third-order valence-electron chi connectivity index (χ3n) is 5.17. The minimum atomic E-state index is -1.01. The highest BCUT2D eigenvalue weighted by atomic mass is 35.5. The lowest BCUT2D eigenvalue weighted by Gasteiger charge is -2.32. The Hall–Kier alpha value is -2.60. The van der Waals surface area contributed by atoms with Crippen molar-refractivity contribution in [2.45, 2.75) is 12.2 Å². The van der Waals surface area contributed by atoms with Gasteiger partial charge in [-0.3, -0.25) is 10.6 Å². The molecule has 0 aromatic heterocycles. The van der Waals surface area contributed by atoms with Crippen LogP contribution in [0.4, 0.5) is 0 Å². The molecule has 0 amide bonds. The van der Waals surface area contributed by atoms with Crippen LogP contribution in [0.5, 0.6) is 0 Å². The molecule has 2 aromatic carbocycles. The summed E-state index contributed by atoms with van der Waals surface area (Å²) in [4.78, 5) is 6.93. The molecule has 0 saturated heterocycles. The smallest absolute Gasteiger partial charge is 0.210 e. The van der Waals surface area contributed by atoms with Crippen molar-refractivity contribution in [1.29, 1.82) is 0 Å². The molecule has 2 aromatic rings.